The number of aliphatic hydroxyl groups excluding tert-OH is 1. The van der Waals surface area contributed by atoms with E-state index in [1.54, 1.807) is 0 Å². The molecule has 0 atom stereocenters. The first-order chi connectivity index (χ1) is 5.79. The first kappa shape index (κ1) is 8.69. The third-order valence-corrected chi connectivity index (χ3v) is 1.03. The predicted octanol–water partition coefficient (Wildman–Crippen LogP) is -1.12. The summed E-state index contributed by atoms with van der Waals surface area (Å²) >= 11 is 0. The highest BCUT2D eigenvalue weighted by atomic mass is 16.6. The maximum atomic E-state index is 8.96. The molecule has 0 aromatic heterocycles. The van der Waals surface area contributed by atoms with E-state index in [1.165, 1.54) is 7.11 Å². The number of rotatable bonds is 2. The molecule has 1 aliphatic rings. The van der Waals surface area contributed by atoms with Crippen molar-refractivity contribution in [2.24, 2.45) is 0 Å². The second-order valence-corrected chi connectivity index (χ2v) is 1.66. The molecule has 0 spiro atoms. The zero-order valence-corrected chi connectivity index (χ0v) is 6.04. The standard InChI is InChI=1S/C4H3N6O2/c1-12-4(11)2(6-5)3-7-9-10-8-3/h1H3/p+1/b4-2+. The van der Waals surface area contributed by atoms with Gasteiger partial charge in [0.25, 0.3) is 0 Å². The van der Waals surface area contributed by atoms with E-state index in [4.69, 9.17) is 10.5 Å². The molecular formula is C4H4N6O2+. The normalized spacial score (nSPS) is 20.0. The summed E-state index contributed by atoms with van der Waals surface area (Å²) in [5, 5.41) is 17.3. The summed E-state index contributed by atoms with van der Waals surface area (Å²) in [7, 11) is 1.20. The van der Waals surface area contributed by atoms with Gasteiger partial charge < -0.3 is 9.84 Å². The van der Waals surface area contributed by atoms with E-state index in [0.717, 1.165) is 0 Å². The maximum Gasteiger partial charge on any atom is 0.485 e. The molecule has 1 saturated heterocycles. The lowest BCUT2D eigenvalue weighted by Crippen LogP contribution is -2.15. The van der Waals surface area contributed by atoms with Gasteiger partial charge in [0.15, 0.2) is 4.98 Å². The molecule has 0 aliphatic carbocycles. The highest BCUT2D eigenvalue weighted by molar-refractivity contribution is 5.26. The van der Waals surface area contributed by atoms with Crippen molar-refractivity contribution in [2.75, 3.05) is 7.11 Å². The summed E-state index contributed by atoms with van der Waals surface area (Å²) in [6.07, 6.45) is -0.114. The van der Waals surface area contributed by atoms with Gasteiger partial charge in [0.2, 0.25) is 5.39 Å². The largest absolute Gasteiger partial charge is 0.485 e. The minimum absolute atomic E-state index is 0.114. The Hall–Kier alpha value is -1.40. The molecule has 0 aromatic rings. The number of nitrogens with zero attached hydrogens (tertiary/aromatic N) is 6. The van der Waals surface area contributed by atoms with Crippen molar-refractivity contribution in [1.29, 1.82) is 5.39 Å². The summed E-state index contributed by atoms with van der Waals surface area (Å²) in [6.45, 7) is 0. The van der Waals surface area contributed by atoms with Crippen LogP contribution in [0.25, 0.3) is 4.98 Å². The zero-order valence-electron chi connectivity index (χ0n) is 6.04. The Balaban J connectivity index is 2.74. The molecule has 1 aliphatic heterocycles. The van der Waals surface area contributed by atoms with Crippen LogP contribution in [0.3, 0.4) is 0 Å². The lowest BCUT2D eigenvalue weighted by atomic mass is 10.4. The molecule has 8 nitrogen and oxygen atoms in total. The SMILES string of the molecule is CO/C(O)=C(/[N+]#N)[C]1[N][N][N][N]1. The van der Waals surface area contributed by atoms with E-state index in [2.05, 4.69) is 31.6 Å². The Labute approximate surface area is 68.1 Å². The van der Waals surface area contributed by atoms with Crippen LogP contribution in [-0.2, 0) is 4.74 Å². The van der Waals surface area contributed by atoms with Crippen LogP contribution in [-0.4, -0.2) is 12.2 Å². The molecule has 1 N–H and O–H groups in total. The summed E-state index contributed by atoms with van der Waals surface area (Å²) in [5.74, 6) is -0.604. The average Bonchev–Trinajstić information content (AvgIpc) is 2.58. The predicted molar refractivity (Wildman–Crippen MR) is 33.5 cm³/mol. The highest BCUT2D eigenvalue weighted by Gasteiger charge is 2.40. The van der Waals surface area contributed by atoms with Gasteiger partial charge in [-0.25, -0.2) is 0 Å². The first-order valence-electron chi connectivity index (χ1n) is 2.81. The van der Waals surface area contributed by atoms with Gasteiger partial charge in [0.1, 0.15) is 0 Å². The smallest absolute Gasteiger partial charge is 0.475 e. The van der Waals surface area contributed by atoms with Gasteiger partial charge >= 0.3 is 17.8 Å². The molecule has 0 unspecified atom stereocenters. The van der Waals surface area contributed by atoms with Crippen molar-refractivity contribution in [3.05, 3.63) is 22.8 Å². The maximum absolute atomic E-state index is 8.96. The minimum atomic E-state index is -0.604. The molecular weight excluding hydrogens is 164 g/mol. The Morgan fingerprint density at radius 2 is 2.08 bits per heavy atom. The first-order valence-corrected chi connectivity index (χ1v) is 2.81. The second-order valence-electron chi connectivity index (χ2n) is 1.66. The van der Waals surface area contributed by atoms with Crippen LogP contribution in [0.1, 0.15) is 0 Å². The second kappa shape index (κ2) is 3.84. The monoisotopic (exact) mass is 168 g/mol. The molecule has 5 radical (unpaired) electrons. The van der Waals surface area contributed by atoms with Crippen molar-refractivity contribution in [3.8, 4) is 0 Å². The molecule has 0 aromatic carbocycles. The van der Waals surface area contributed by atoms with Gasteiger partial charge in [-0.05, 0) is 11.1 Å². The molecule has 8 heteroatoms. The molecule has 1 fully saturated rings. The molecule has 1 rings (SSSR count). The molecule has 12 heavy (non-hydrogen) atoms. The van der Waals surface area contributed by atoms with Crippen LogP contribution < -0.4 is 21.9 Å². The van der Waals surface area contributed by atoms with Crippen molar-refractivity contribution in [2.45, 2.75) is 0 Å². The number of methoxy groups -OCH3 is 1. The van der Waals surface area contributed by atoms with Crippen LogP contribution in [0, 0.1) is 11.6 Å². The average molecular weight is 168 g/mol. The van der Waals surface area contributed by atoms with Gasteiger partial charge in [0, 0.05) is 0 Å². The van der Waals surface area contributed by atoms with Crippen LogP contribution in [0.4, 0.5) is 0 Å². The lowest BCUT2D eigenvalue weighted by Gasteiger charge is -1.94. The summed E-state index contributed by atoms with van der Waals surface area (Å²) in [5.41, 5.74) is 12.6. The Morgan fingerprint density at radius 3 is 2.50 bits per heavy atom. The topological polar surface area (TPSA) is 114 Å². The van der Waals surface area contributed by atoms with Gasteiger partial charge in [-0.3, -0.25) is 0 Å². The van der Waals surface area contributed by atoms with E-state index < -0.39 is 5.95 Å². The fourth-order valence-corrected chi connectivity index (χ4v) is 0.519. The minimum Gasteiger partial charge on any atom is -0.475 e. The zero-order chi connectivity index (χ0) is 8.97. The van der Waals surface area contributed by atoms with Crippen LogP contribution in [0.15, 0.2) is 11.6 Å². The van der Waals surface area contributed by atoms with Crippen LogP contribution >= 0.6 is 0 Å². The van der Waals surface area contributed by atoms with Gasteiger partial charge in [-0.2, -0.15) is 0 Å². The van der Waals surface area contributed by atoms with Gasteiger partial charge in [-0.15, -0.1) is 0 Å². The van der Waals surface area contributed by atoms with Crippen molar-refractivity contribution in [3.63, 3.8) is 0 Å². The molecule has 1 heterocycles. The van der Waals surface area contributed by atoms with Crippen molar-refractivity contribution < 1.29 is 9.84 Å². The molecule has 61 valence electrons. The third-order valence-electron chi connectivity index (χ3n) is 1.03. The number of ether oxygens (including phenoxy) is 1. The van der Waals surface area contributed by atoms with E-state index in [1.807, 2.05) is 0 Å². The van der Waals surface area contributed by atoms with E-state index in [0.29, 0.717) is 0 Å². The van der Waals surface area contributed by atoms with Crippen LogP contribution in [0.5, 0.6) is 0 Å². The van der Waals surface area contributed by atoms with E-state index in [9.17, 15) is 0 Å². The summed E-state index contributed by atoms with van der Waals surface area (Å²) < 4.78 is 4.37. The third kappa shape index (κ3) is 1.60. The Kier molecular flexibility index (Phi) is 2.78. The number of hydrogen-bond acceptors (Lipinski definition) is 3. The number of diazo groups is 1. The fourth-order valence-electron chi connectivity index (χ4n) is 0.519. The van der Waals surface area contributed by atoms with Gasteiger partial charge in [-0.1, -0.05) is 10.9 Å². The van der Waals surface area contributed by atoms with Crippen molar-refractivity contribution >= 4 is 0 Å². The molecule has 0 saturated carbocycles. The fraction of sp³-hybridized carbons (Fsp3) is 0.250. The highest BCUT2D eigenvalue weighted by Crippen LogP contribution is 2.16. The summed E-state index contributed by atoms with van der Waals surface area (Å²) in [6, 6.07) is 0. The lowest BCUT2D eigenvalue weighted by molar-refractivity contribution is 0.131. The Bertz CT molecular complexity index is 226. The quantitative estimate of drug-likeness (QED) is 0.415. The number of aliphatic hydroxyl groups is 1. The molecule has 0 amide bonds. The van der Waals surface area contributed by atoms with E-state index in [-0.39, 0.29) is 11.9 Å². The van der Waals surface area contributed by atoms with Gasteiger partial charge in [0.05, 0.1) is 7.11 Å². The Morgan fingerprint density at radius 1 is 1.50 bits per heavy atom. The number of hydrogen-bond donors (Lipinski definition) is 1. The summed E-state index contributed by atoms with van der Waals surface area (Å²) in [4.78, 5) is 2.70. The van der Waals surface area contributed by atoms with Crippen LogP contribution in [0.2, 0.25) is 0 Å². The molecule has 0 bridgehead atoms. The van der Waals surface area contributed by atoms with Crippen molar-refractivity contribution in [1.82, 2.24) is 21.9 Å². The van der Waals surface area contributed by atoms with E-state index >= 15 is 0 Å².